The first-order chi connectivity index (χ1) is 6.72. The average Bonchev–Trinajstić information content (AvgIpc) is 2.88. The summed E-state index contributed by atoms with van der Waals surface area (Å²) in [6.07, 6.45) is 2.63. The zero-order valence-electron chi connectivity index (χ0n) is 7.49. The predicted octanol–water partition coefficient (Wildman–Crippen LogP) is 1.09. The molecule has 0 bridgehead atoms. The first kappa shape index (κ1) is 7.62. The van der Waals surface area contributed by atoms with Gasteiger partial charge in [-0.3, -0.25) is 4.79 Å². The Morgan fingerprint density at radius 3 is 3.00 bits per heavy atom. The van der Waals surface area contributed by atoms with Crippen LogP contribution in [0.25, 0.3) is 6.08 Å². The second-order valence-corrected chi connectivity index (χ2v) is 3.68. The molecule has 0 spiro atoms. The van der Waals surface area contributed by atoms with Gasteiger partial charge in [-0.25, -0.2) is 0 Å². The lowest BCUT2D eigenvalue weighted by Gasteiger charge is -2.19. The molecule has 0 saturated heterocycles. The molecular formula is C11H9NO2. The molecule has 1 aromatic rings. The molecule has 1 aromatic carbocycles. The molecule has 1 aliphatic heterocycles. The van der Waals surface area contributed by atoms with Gasteiger partial charge in [-0.05, 0) is 17.7 Å². The Bertz CT molecular complexity index is 464. The number of para-hydroxylation sites is 1. The lowest BCUT2D eigenvalue weighted by Crippen LogP contribution is -2.37. The van der Waals surface area contributed by atoms with E-state index in [0.717, 1.165) is 16.9 Å². The summed E-state index contributed by atoms with van der Waals surface area (Å²) in [4.78, 5) is 11.2. The van der Waals surface area contributed by atoms with Gasteiger partial charge in [0, 0.05) is 12.0 Å². The number of nitrogens with two attached hydrogens (primary N) is 1. The van der Waals surface area contributed by atoms with Crippen LogP contribution in [0, 0.1) is 0 Å². The molecule has 1 fully saturated rings. The number of ether oxygens (including phenoxy) is 1. The minimum absolute atomic E-state index is 0.391. The number of primary amides is 1. The molecule has 1 atom stereocenters. The van der Waals surface area contributed by atoms with E-state index in [1.54, 1.807) is 0 Å². The third kappa shape index (κ3) is 0.789. The van der Waals surface area contributed by atoms with E-state index in [4.69, 9.17) is 10.5 Å². The Kier molecular flexibility index (Phi) is 1.18. The maximum Gasteiger partial charge on any atom is 0.266 e. The van der Waals surface area contributed by atoms with Gasteiger partial charge < -0.3 is 10.5 Å². The summed E-state index contributed by atoms with van der Waals surface area (Å²) in [5, 5.41) is 0. The topological polar surface area (TPSA) is 52.3 Å². The molecule has 3 nitrogen and oxygen atoms in total. The van der Waals surface area contributed by atoms with E-state index in [1.807, 2.05) is 30.3 Å². The molecule has 3 rings (SSSR count). The van der Waals surface area contributed by atoms with Gasteiger partial charge in [0.15, 0.2) is 0 Å². The zero-order valence-corrected chi connectivity index (χ0v) is 7.49. The van der Waals surface area contributed by atoms with Crippen molar-refractivity contribution in [1.29, 1.82) is 0 Å². The average molecular weight is 187 g/mol. The molecule has 1 unspecified atom stereocenters. The fraction of sp³-hybridized carbons (Fsp3) is 0.182. The van der Waals surface area contributed by atoms with Gasteiger partial charge in [-0.15, -0.1) is 0 Å². The monoisotopic (exact) mass is 187 g/mol. The second-order valence-electron chi connectivity index (χ2n) is 3.68. The van der Waals surface area contributed by atoms with Crippen molar-refractivity contribution in [2.75, 3.05) is 0 Å². The van der Waals surface area contributed by atoms with Crippen molar-refractivity contribution >= 4 is 12.0 Å². The number of amides is 1. The maximum absolute atomic E-state index is 11.2. The van der Waals surface area contributed by atoms with E-state index in [1.165, 1.54) is 0 Å². The van der Waals surface area contributed by atoms with E-state index in [9.17, 15) is 4.79 Å². The SMILES string of the molecule is NC(=O)C12CC1=Cc1ccccc1O2. The van der Waals surface area contributed by atoms with E-state index >= 15 is 0 Å². The van der Waals surface area contributed by atoms with Crippen molar-refractivity contribution in [3.05, 3.63) is 35.4 Å². The van der Waals surface area contributed by atoms with Crippen molar-refractivity contribution < 1.29 is 9.53 Å². The second kappa shape index (κ2) is 2.18. The summed E-state index contributed by atoms with van der Waals surface area (Å²) in [7, 11) is 0. The molecule has 3 heteroatoms. The standard InChI is InChI=1S/C11H9NO2/c12-10(13)11-6-8(11)5-7-3-1-2-4-9(7)14-11/h1-5H,6H2,(H2,12,13). The first-order valence-electron chi connectivity index (χ1n) is 4.51. The summed E-state index contributed by atoms with van der Waals surface area (Å²) < 4.78 is 5.61. The summed E-state index contributed by atoms with van der Waals surface area (Å²) in [6.45, 7) is 0. The first-order valence-corrected chi connectivity index (χ1v) is 4.51. The van der Waals surface area contributed by atoms with Gasteiger partial charge >= 0.3 is 0 Å². The Morgan fingerprint density at radius 1 is 1.43 bits per heavy atom. The van der Waals surface area contributed by atoms with Crippen LogP contribution in [0.2, 0.25) is 0 Å². The molecule has 1 amide bonds. The predicted molar refractivity (Wildman–Crippen MR) is 51.6 cm³/mol. The Labute approximate surface area is 81.2 Å². The van der Waals surface area contributed by atoms with Crippen LogP contribution in [0.5, 0.6) is 5.75 Å². The highest BCUT2D eigenvalue weighted by Crippen LogP contribution is 2.51. The fourth-order valence-electron chi connectivity index (χ4n) is 1.86. The van der Waals surface area contributed by atoms with Crippen molar-refractivity contribution in [3.63, 3.8) is 0 Å². The van der Waals surface area contributed by atoms with Crippen molar-refractivity contribution in [2.45, 2.75) is 12.0 Å². The molecule has 70 valence electrons. The Hall–Kier alpha value is -1.77. The third-order valence-corrected chi connectivity index (χ3v) is 2.76. The Morgan fingerprint density at radius 2 is 2.21 bits per heavy atom. The van der Waals surface area contributed by atoms with Gasteiger partial charge in [0.05, 0.1) is 0 Å². The van der Waals surface area contributed by atoms with E-state index in [0.29, 0.717) is 6.42 Å². The number of carbonyl (C=O) groups excluding carboxylic acids is 1. The van der Waals surface area contributed by atoms with Crippen LogP contribution >= 0.6 is 0 Å². The van der Waals surface area contributed by atoms with Gasteiger partial charge in [-0.1, -0.05) is 18.2 Å². The van der Waals surface area contributed by atoms with Crippen LogP contribution in [0.15, 0.2) is 29.8 Å². The van der Waals surface area contributed by atoms with Crippen LogP contribution < -0.4 is 10.5 Å². The van der Waals surface area contributed by atoms with Gasteiger partial charge in [0.25, 0.3) is 5.91 Å². The van der Waals surface area contributed by atoms with Crippen LogP contribution in [-0.2, 0) is 4.79 Å². The number of rotatable bonds is 1. The summed E-state index contributed by atoms with van der Waals surface area (Å²) in [5.41, 5.74) is 6.50. The largest absolute Gasteiger partial charge is 0.472 e. The van der Waals surface area contributed by atoms with E-state index < -0.39 is 11.5 Å². The van der Waals surface area contributed by atoms with Crippen molar-refractivity contribution in [1.82, 2.24) is 0 Å². The molecule has 1 saturated carbocycles. The molecule has 14 heavy (non-hydrogen) atoms. The smallest absolute Gasteiger partial charge is 0.266 e. The number of hydrogen-bond acceptors (Lipinski definition) is 2. The zero-order chi connectivity index (χ0) is 9.76. The minimum Gasteiger partial charge on any atom is -0.472 e. The van der Waals surface area contributed by atoms with Crippen LogP contribution in [0.3, 0.4) is 0 Å². The number of hydrogen-bond donors (Lipinski definition) is 1. The van der Waals surface area contributed by atoms with Crippen LogP contribution in [0.4, 0.5) is 0 Å². The van der Waals surface area contributed by atoms with Gasteiger partial charge in [-0.2, -0.15) is 0 Å². The number of carbonyl (C=O) groups is 1. The molecular weight excluding hydrogens is 178 g/mol. The van der Waals surface area contributed by atoms with Gasteiger partial charge in [0.1, 0.15) is 5.75 Å². The van der Waals surface area contributed by atoms with Crippen molar-refractivity contribution in [2.24, 2.45) is 5.73 Å². The lowest BCUT2D eigenvalue weighted by molar-refractivity contribution is -0.125. The molecule has 2 aliphatic rings. The third-order valence-electron chi connectivity index (χ3n) is 2.76. The van der Waals surface area contributed by atoms with Crippen LogP contribution in [-0.4, -0.2) is 11.5 Å². The molecule has 1 heterocycles. The highest BCUT2D eigenvalue weighted by Gasteiger charge is 2.59. The molecule has 0 radical (unpaired) electrons. The Balaban J connectivity index is 2.11. The fourth-order valence-corrected chi connectivity index (χ4v) is 1.86. The van der Waals surface area contributed by atoms with Gasteiger partial charge in [0.2, 0.25) is 5.60 Å². The maximum atomic E-state index is 11.2. The number of fused-ring (bicyclic) bond motifs is 2. The summed E-state index contributed by atoms with van der Waals surface area (Å²) >= 11 is 0. The summed E-state index contributed by atoms with van der Waals surface area (Å²) in [6, 6.07) is 7.64. The highest BCUT2D eigenvalue weighted by atomic mass is 16.5. The quantitative estimate of drug-likeness (QED) is 0.715. The van der Waals surface area contributed by atoms with Crippen LogP contribution in [0.1, 0.15) is 12.0 Å². The molecule has 0 aromatic heterocycles. The highest BCUT2D eigenvalue weighted by molar-refractivity contribution is 5.97. The summed E-state index contributed by atoms with van der Waals surface area (Å²) in [5.74, 6) is 0.353. The molecule has 1 aliphatic carbocycles. The lowest BCUT2D eigenvalue weighted by atomic mass is 10.1. The normalized spacial score (nSPS) is 26.7. The number of benzene rings is 1. The van der Waals surface area contributed by atoms with E-state index in [-0.39, 0.29) is 0 Å². The van der Waals surface area contributed by atoms with E-state index in [2.05, 4.69) is 0 Å². The van der Waals surface area contributed by atoms with Crippen molar-refractivity contribution in [3.8, 4) is 5.75 Å². The molecule has 2 N–H and O–H groups in total. The minimum atomic E-state index is -0.811.